The lowest BCUT2D eigenvalue weighted by atomic mass is 9.98. The van der Waals surface area contributed by atoms with E-state index in [1.807, 2.05) is 55.1 Å². The van der Waals surface area contributed by atoms with Gasteiger partial charge in [0.2, 0.25) is 5.91 Å². The van der Waals surface area contributed by atoms with Gasteiger partial charge in [-0.15, -0.1) is 0 Å². The summed E-state index contributed by atoms with van der Waals surface area (Å²) in [6.45, 7) is 3.34. The van der Waals surface area contributed by atoms with E-state index in [1.165, 1.54) is 0 Å². The third-order valence-electron chi connectivity index (χ3n) is 4.01. The molecule has 1 atom stereocenters. The van der Waals surface area contributed by atoms with Crippen LogP contribution in [0.4, 0.5) is 0 Å². The van der Waals surface area contributed by atoms with Crippen molar-refractivity contribution >= 4 is 5.91 Å². The highest BCUT2D eigenvalue weighted by molar-refractivity contribution is 5.83. The number of aliphatic hydroxyl groups is 1. The van der Waals surface area contributed by atoms with E-state index in [1.54, 1.807) is 0 Å². The molecule has 1 N–H and O–H groups in total. The van der Waals surface area contributed by atoms with Gasteiger partial charge in [0.1, 0.15) is 6.04 Å². The molecule has 1 fully saturated rings. The summed E-state index contributed by atoms with van der Waals surface area (Å²) in [7, 11) is 3.88. The van der Waals surface area contributed by atoms with Crippen LogP contribution in [0.5, 0.6) is 0 Å². The van der Waals surface area contributed by atoms with E-state index < -0.39 is 0 Å². The van der Waals surface area contributed by atoms with Gasteiger partial charge in [0.25, 0.3) is 0 Å². The third-order valence-corrected chi connectivity index (χ3v) is 4.01. The Labute approximate surface area is 121 Å². The molecule has 0 aliphatic carbocycles. The number of benzene rings is 1. The van der Waals surface area contributed by atoms with Crippen molar-refractivity contribution in [3.05, 3.63) is 35.4 Å². The molecule has 1 amide bonds. The summed E-state index contributed by atoms with van der Waals surface area (Å²) >= 11 is 0. The Bertz CT molecular complexity index is 465. The minimum atomic E-state index is -0.254. The second-order valence-electron chi connectivity index (χ2n) is 5.78. The molecule has 4 heteroatoms. The summed E-state index contributed by atoms with van der Waals surface area (Å²) in [5.74, 6) is 0.135. The fraction of sp³-hybridized carbons (Fsp3) is 0.562. The minimum absolute atomic E-state index is 0.135. The zero-order valence-corrected chi connectivity index (χ0v) is 12.5. The average molecular weight is 276 g/mol. The zero-order valence-electron chi connectivity index (χ0n) is 12.5. The van der Waals surface area contributed by atoms with Gasteiger partial charge in [-0.1, -0.05) is 24.3 Å². The number of carbonyl (C=O) groups is 1. The second kappa shape index (κ2) is 6.37. The first kappa shape index (κ1) is 15.0. The van der Waals surface area contributed by atoms with E-state index in [4.69, 9.17) is 0 Å². The molecule has 110 valence electrons. The zero-order chi connectivity index (χ0) is 14.7. The molecule has 1 heterocycles. The minimum Gasteiger partial charge on any atom is -0.393 e. The molecule has 1 saturated heterocycles. The van der Waals surface area contributed by atoms with Crippen LogP contribution in [0.1, 0.15) is 30.0 Å². The van der Waals surface area contributed by atoms with E-state index in [2.05, 4.69) is 0 Å². The Balaban J connectivity index is 2.21. The smallest absolute Gasteiger partial charge is 0.244 e. The molecule has 0 aromatic heterocycles. The number of hydrogen-bond acceptors (Lipinski definition) is 3. The van der Waals surface area contributed by atoms with Crippen molar-refractivity contribution in [1.82, 2.24) is 9.80 Å². The number of rotatable bonds is 3. The summed E-state index contributed by atoms with van der Waals surface area (Å²) in [5.41, 5.74) is 2.20. The SMILES string of the molecule is Cc1ccccc1[C@@H](C(=O)N1CCC(O)CC1)N(C)C. The van der Waals surface area contributed by atoms with Gasteiger partial charge in [-0.2, -0.15) is 0 Å². The molecule has 0 bridgehead atoms. The molecule has 0 unspecified atom stereocenters. The van der Waals surface area contributed by atoms with E-state index in [0.717, 1.165) is 11.1 Å². The maximum atomic E-state index is 12.8. The summed E-state index contributed by atoms with van der Waals surface area (Å²) < 4.78 is 0. The number of nitrogens with zero attached hydrogens (tertiary/aromatic N) is 2. The molecule has 0 spiro atoms. The Morgan fingerprint density at radius 2 is 1.90 bits per heavy atom. The van der Waals surface area contributed by atoms with Crippen molar-refractivity contribution in [3.63, 3.8) is 0 Å². The average Bonchev–Trinajstić information content (AvgIpc) is 2.41. The van der Waals surface area contributed by atoms with Crippen LogP contribution in [0.3, 0.4) is 0 Å². The number of carbonyl (C=O) groups excluding carboxylic acids is 1. The Morgan fingerprint density at radius 1 is 1.30 bits per heavy atom. The predicted molar refractivity (Wildman–Crippen MR) is 79.4 cm³/mol. The largest absolute Gasteiger partial charge is 0.393 e. The monoisotopic (exact) mass is 276 g/mol. The predicted octanol–water partition coefficient (Wildman–Crippen LogP) is 1.58. The second-order valence-corrected chi connectivity index (χ2v) is 5.78. The first-order valence-electron chi connectivity index (χ1n) is 7.19. The standard InChI is InChI=1S/C16H24N2O2/c1-12-6-4-5-7-14(12)15(17(2)3)16(20)18-10-8-13(19)9-11-18/h4-7,13,15,19H,8-11H2,1-3H3/t15-/m0/s1. The highest BCUT2D eigenvalue weighted by atomic mass is 16.3. The number of likely N-dealkylation sites (tertiary alicyclic amines) is 1. The summed E-state index contributed by atoms with van der Waals surface area (Å²) in [4.78, 5) is 16.6. The van der Waals surface area contributed by atoms with Crippen molar-refractivity contribution in [1.29, 1.82) is 0 Å². The van der Waals surface area contributed by atoms with Crippen LogP contribution in [-0.2, 0) is 4.79 Å². The summed E-state index contributed by atoms with van der Waals surface area (Å²) in [6, 6.07) is 7.79. The van der Waals surface area contributed by atoms with E-state index in [9.17, 15) is 9.90 Å². The maximum Gasteiger partial charge on any atom is 0.244 e. The summed E-state index contributed by atoms with van der Waals surface area (Å²) in [5, 5.41) is 9.57. The molecule has 0 saturated carbocycles. The Hall–Kier alpha value is -1.39. The Morgan fingerprint density at radius 3 is 2.45 bits per heavy atom. The number of piperidine rings is 1. The van der Waals surface area contributed by atoms with Crippen LogP contribution in [-0.4, -0.2) is 54.1 Å². The molecule has 2 rings (SSSR count). The van der Waals surface area contributed by atoms with Crippen LogP contribution in [0.2, 0.25) is 0 Å². The fourth-order valence-corrected chi connectivity index (χ4v) is 2.78. The van der Waals surface area contributed by atoms with Gasteiger partial charge >= 0.3 is 0 Å². The van der Waals surface area contributed by atoms with Gasteiger partial charge in [0.05, 0.1) is 6.10 Å². The number of hydrogen-bond donors (Lipinski definition) is 1. The molecule has 0 radical (unpaired) electrons. The Kier molecular flexibility index (Phi) is 4.78. The van der Waals surface area contributed by atoms with Crippen LogP contribution >= 0.6 is 0 Å². The lowest BCUT2D eigenvalue weighted by Gasteiger charge is -2.35. The first-order valence-corrected chi connectivity index (χ1v) is 7.19. The normalized spacial score (nSPS) is 18.4. The van der Waals surface area contributed by atoms with Gasteiger partial charge in [0.15, 0.2) is 0 Å². The number of aliphatic hydroxyl groups excluding tert-OH is 1. The van der Waals surface area contributed by atoms with Crippen molar-refractivity contribution in [2.24, 2.45) is 0 Å². The van der Waals surface area contributed by atoms with Crippen molar-refractivity contribution in [2.75, 3.05) is 27.2 Å². The maximum absolute atomic E-state index is 12.8. The van der Waals surface area contributed by atoms with Crippen molar-refractivity contribution < 1.29 is 9.90 Å². The van der Waals surface area contributed by atoms with Gasteiger partial charge in [-0.25, -0.2) is 0 Å². The van der Waals surface area contributed by atoms with E-state index in [-0.39, 0.29) is 18.1 Å². The first-order chi connectivity index (χ1) is 9.50. The van der Waals surface area contributed by atoms with Crippen LogP contribution in [0, 0.1) is 6.92 Å². The number of amides is 1. The number of likely N-dealkylation sites (N-methyl/N-ethyl adjacent to an activating group) is 1. The van der Waals surface area contributed by atoms with Crippen molar-refractivity contribution in [3.8, 4) is 0 Å². The fourth-order valence-electron chi connectivity index (χ4n) is 2.78. The van der Waals surface area contributed by atoms with Gasteiger partial charge in [-0.3, -0.25) is 9.69 Å². The molecule has 1 aliphatic rings. The molecule has 20 heavy (non-hydrogen) atoms. The van der Waals surface area contributed by atoms with Crippen LogP contribution in [0.25, 0.3) is 0 Å². The third kappa shape index (κ3) is 3.19. The quantitative estimate of drug-likeness (QED) is 0.911. The number of aryl methyl sites for hydroxylation is 1. The van der Waals surface area contributed by atoms with Crippen LogP contribution in [0.15, 0.2) is 24.3 Å². The molecule has 4 nitrogen and oxygen atoms in total. The van der Waals surface area contributed by atoms with Crippen molar-refractivity contribution in [2.45, 2.75) is 31.9 Å². The van der Waals surface area contributed by atoms with Gasteiger partial charge in [-0.05, 0) is 45.0 Å². The van der Waals surface area contributed by atoms with Gasteiger partial charge in [0, 0.05) is 13.1 Å². The highest BCUT2D eigenvalue weighted by Gasteiger charge is 2.30. The van der Waals surface area contributed by atoms with Crippen LogP contribution < -0.4 is 0 Å². The van der Waals surface area contributed by atoms with E-state index in [0.29, 0.717) is 25.9 Å². The highest BCUT2D eigenvalue weighted by Crippen LogP contribution is 2.25. The topological polar surface area (TPSA) is 43.8 Å². The summed E-state index contributed by atoms with van der Waals surface area (Å²) in [6.07, 6.45) is 1.11. The molecule has 1 aliphatic heterocycles. The molecule has 1 aromatic rings. The lowest BCUT2D eigenvalue weighted by molar-refractivity contribution is -0.138. The van der Waals surface area contributed by atoms with E-state index >= 15 is 0 Å². The molecule has 1 aromatic carbocycles. The molecular formula is C16H24N2O2. The molecular weight excluding hydrogens is 252 g/mol. The van der Waals surface area contributed by atoms with Gasteiger partial charge < -0.3 is 10.0 Å². The lowest BCUT2D eigenvalue weighted by Crippen LogP contribution is -2.45.